The van der Waals surface area contributed by atoms with Crippen molar-refractivity contribution in [3.05, 3.63) is 53.3 Å². The molecule has 2 bridgehead atoms. The molecule has 3 fully saturated rings. The van der Waals surface area contributed by atoms with E-state index >= 15 is 0 Å². The number of carbonyl (C=O) groups excluding carboxylic acids is 1. The highest BCUT2D eigenvalue weighted by atomic mass is 16.5. The van der Waals surface area contributed by atoms with Gasteiger partial charge in [0.2, 0.25) is 0 Å². The molecule has 3 saturated heterocycles. The van der Waals surface area contributed by atoms with Crippen molar-refractivity contribution in [3.63, 3.8) is 0 Å². The number of carbonyl (C=O) groups is 1. The van der Waals surface area contributed by atoms with Crippen molar-refractivity contribution in [2.45, 2.75) is 44.9 Å². The van der Waals surface area contributed by atoms with Crippen molar-refractivity contribution in [2.75, 3.05) is 39.9 Å². The minimum absolute atomic E-state index is 0.0596. The summed E-state index contributed by atoms with van der Waals surface area (Å²) in [4.78, 5) is 22.4. The number of benzene rings is 1. The van der Waals surface area contributed by atoms with Crippen LogP contribution in [0, 0.1) is 11.8 Å². The number of dihydropyridines is 1. The van der Waals surface area contributed by atoms with Gasteiger partial charge in [-0.15, -0.1) is 0 Å². The molecule has 0 aromatic heterocycles. The second-order valence-electron chi connectivity index (χ2n) is 9.70. The van der Waals surface area contributed by atoms with Gasteiger partial charge in [0.25, 0.3) is 0 Å². The normalized spacial score (nSPS) is 29.5. The number of allylic oxidation sites excluding steroid dienone is 1. The molecule has 3 unspecified atom stereocenters. The molecule has 5 heterocycles. The average Bonchev–Trinajstić information content (AvgIpc) is 3.23. The quantitative estimate of drug-likeness (QED) is 0.567. The standard InChI is InChI=1S/C27H36N4O3/c1-3-34-27(32)23-9-13-29-26-25(23)21(8-12-28-24-18-30-14-10-20(24)11-15-30)17-31(26)16-19-4-6-22(33-2)7-5-19/h4-7,9,13,17,20,24-26,28H,3,8,10-12,14-16,18H2,1-2H3. The van der Waals surface area contributed by atoms with Crippen LogP contribution in [-0.4, -0.2) is 74.1 Å². The first-order valence-electron chi connectivity index (χ1n) is 12.6. The molecule has 6 rings (SSSR count). The van der Waals surface area contributed by atoms with Crippen molar-refractivity contribution in [1.82, 2.24) is 15.1 Å². The highest BCUT2D eigenvalue weighted by Gasteiger charge is 2.41. The van der Waals surface area contributed by atoms with Gasteiger partial charge in [-0.05, 0) is 81.1 Å². The molecular formula is C27H36N4O3. The third kappa shape index (κ3) is 4.77. The number of piperidine rings is 3. The van der Waals surface area contributed by atoms with E-state index in [9.17, 15) is 4.79 Å². The van der Waals surface area contributed by atoms with Crippen LogP contribution in [0.1, 0.15) is 31.7 Å². The molecule has 0 saturated carbocycles. The molecule has 1 N–H and O–H groups in total. The first kappa shape index (κ1) is 23.1. The van der Waals surface area contributed by atoms with E-state index in [1.165, 1.54) is 37.1 Å². The van der Waals surface area contributed by atoms with Gasteiger partial charge in [-0.1, -0.05) is 12.1 Å². The molecule has 1 aromatic rings. The first-order chi connectivity index (χ1) is 16.7. The molecule has 5 aliphatic rings. The van der Waals surface area contributed by atoms with Gasteiger partial charge in [0.1, 0.15) is 11.9 Å². The van der Waals surface area contributed by atoms with Crippen LogP contribution < -0.4 is 10.1 Å². The molecule has 1 aromatic carbocycles. The predicted octanol–water partition coefficient (Wildman–Crippen LogP) is 2.98. The molecular weight excluding hydrogens is 428 g/mol. The van der Waals surface area contributed by atoms with E-state index in [1.807, 2.05) is 25.1 Å². The van der Waals surface area contributed by atoms with Crippen LogP contribution in [-0.2, 0) is 16.1 Å². The maximum atomic E-state index is 12.8. The first-order valence-corrected chi connectivity index (χ1v) is 12.6. The fraction of sp³-hybridized carbons (Fsp3) is 0.556. The van der Waals surface area contributed by atoms with Gasteiger partial charge < -0.3 is 24.6 Å². The third-order valence-electron chi connectivity index (χ3n) is 7.71. The molecule has 34 heavy (non-hydrogen) atoms. The van der Waals surface area contributed by atoms with Crippen molar-refractivity contribution < 1.29 is 14.3 Å². The summed E-state index contributed by atoms with van der Waals surface area (Å²) < 4.78 is 10.7. The fourth-order valence-electron chi connectivity index (χ4n) is 5.91. The van der Waals surface area contributed by atoms with Crippen LogP contribution in [0.4, 0.5) is 0 Å². The van der Waals surface area contributed by atoms with Crippen LogP contribution >= 0.6 is 0 Å². The Morgan fingerprint density at radius 2 is 2.00 bits per heavy atom. The molecule has 0 radical (unpaired) electrons. The van der Waals surface area contributed by atoms with E-state index in [4.69, 9.17) is 14.5 Å². The average molecular weight is 465 g/mol. The van der Waals surface area contributed by atoms with Gasteiger partial charge in [0.05, 0.1) is 19.6 Å². The summed E-state index contributed by atoms with van der Waals surface area (Å²) in [6.07, 6.45) is 9.24. The maximum absolute atomic E-state index is 12.8. The van der Waals surface area contributed by atoms with Gasteiger partial charge in [-0.2, -0.15) is 0 Å². The largest absolute Gasteiger partial charge is 0.497 e. The van der Waals surface area contributed by atoms with Crippen molar-refractivity contribution in [3.8, 4) is 5.75 Å². The molecule has 3 atom stereocenters. The third-order valence-corrected chi connectivity index (χ3v) is 7.71. The lowest BCUT2D eigenvalue weighted by Gasteiger charge is -2.45. The van der Waals surface area contributed by atoms with Gasteiger partial charge >= 0.3 is 5.97 Å². The zero-order valence-electron chi connectivity index (χ0n) is 20.3. The summed E-state index contributed by atoms with van der Waals surface area (Å²) in [5.74, 6) is 1.36. The highest BCUT2D eigenvalue weighted by molar-refractivity contribution is 5.96. The Hall–Kier alpha value is -2.64. The van der Waals surface area contributed by atoms with Gasteiger partial charge in [-0.25, -0.2) is 4.79 Å². The number of methoxy groups -OCH3 is 1. The lowest BCUT2D eigenvalue weighted by atomic mass is 9.83. The van der Waals surface area contributed by atoms with E-state index < -0.39 is 0 Å². The van der Waals surface area contributed by atoms with Crippen LogP contribution in [0.5, 0.6) is 5.75 Å². The summed E-state index contributed by atoms with van der Waals surface area (Å²) in [6, 6.07) is 8.73. The number of hydrogen-bond acceptors (Lipinski definition) is 7. The summed E-state index contributed by atoms with van der Waals surface area (Å²) in [5.41, 5.74) is 3.15. The van der Waals surface area contributed by atoms with Gasteiger partial charge in [0.15, 0.2) is 0 Å². The number of hydrogen-bond donors (Lipinski definition) is 1. The van der Waals surface area contributed by atoms with Gasteiger partial charge in [0, 0.05) is 37.1 Å². The molecule has 7 nitrogen and oxygen atoms in total. The molecule has 0 spiro atoms. The summed E-state index contributed by atoms with van der Waals surface area (Å²) in [7, 11) is 1.68. The van der Waals surface area contributed by atoms with E-state index in [0.29, 0.717) is 18.2 Å². The van der Waals surface area contributed by atoms with Crippen LogP contribution in [0.2, 0.25) is 0 Å². The fourth-order valence-corrected chi connectivity index (χ4v) is 5.91. The Morgan fingerprint density at radius 1 is 1.21 bits per heavy atom. The Labute approximate surface area is 202 Å². The minimum Gasteiger partial charge on any atom is -0.497 e. The number of nitrogens with one attached hydrogen (secondary N) is 1. The molecule has 0 aliphatic carbocycles. The second-order valence-corrected chi connectivity index (χ2v) is 9.70. The van der Waals surface area contributed by atoms with Crippen LogP contribution in [0.15, 0.2) is 52.7 Å². The lowest BCUT2D eigenvalue weighted by molar-refractivity contribution is -0.139. The summed E-state index contributed by atoms with van der Waals surface area (Å²) >= 11 is 0. The van der Waals surface area contributed by atoms with Crippen molar-refractivity contribution in [2.24, 2.45) is 16.8 Å². The number of esters is 1. The highest BCUT2D eigenvalue weighted by Crippen LogP contribution is 2.39. The zero-order chi connectivity index (χ0) is 23.5. The lowest BCUT2D eigenvalue weighted by Crippen LogP contribution is -2.56. The number of rotatable bonds is 9. The molecule has 182 valence electrons. The van der Waals surface area contributed by atoms with E-state index in [-0.39, 0.29) is 18.1 Å². The van der Waals surface area contributed by atoms with Gasteiger partial charge in [-0.3, -0.25) is 4.99 Å². The Balaban J connectivity index is 1.30. The second kappa shape index (κ2) is 10.3. The van der Waals surface area contributed by atoms with E-state index in [2.05, 4.69) is 33.4 Å². The zero-order valence-corrected chi connectivity index (χ0v) is 20.3. The SMILES string of the molecule is CCOC(=O)C1=CC=NC2C1C(CCNC1CN3CCC1CC3)=CN2Cc1ccc(OC)cc1. The summed E-state index contributed by atoms with van der Waals surface area (Å²) in [5, 5.41) is 3.83. The monoisotopic (exact) mass is 464 g/mol. The number of ether oxygens (including phenoxy) is 2. The maximum Gasteiger partial charge on any atom is 0.334 e. The van der Waals surface area contributed by atoms with E-state index in [1.54, 1.807) is 13.3 Å². The molecule has 7 heteroatoms. The van der Waals surface area contributed by atoms with Crippen LogP contribution in [0.25, 0.3) is 0 Å². The Kier molecular flexibility index (Phi) is 7.02. The Bertz CT molecular complexity index is 963. The molecule has 5 aliphatic heterocycles. The van der Waals surface area contributed by atoms with E-state index in [0.717, 1.165) is 37.7 Å². The predicted molar refractivity (Wildman–Crippen MR) is 133 cm³/mol. The summed E-state index contributed by atoms with van der Waals surface area (Å²) in [6.45, 7) is 7.55. The molecule has 0 amide bonds. The minimum atomic E-state index is -0.230. The topological polar surface area (TPSA) is 66.4 Å². The number of aliphatic imine (C=N–C) groups is 1. The number of nitrogens with zero attached hydrogens (tertiary/aromatic N) is 3. The number of fused-ring (bicyclic) bond motifs is 4. The smallest absolute Gasteiger partial charge is 0.334 e. The van der Waals surface area contributed by atoms with Crippen molar-refractivity contribution in [1.29, 1.82) is 0 Å². The van der Waals surface area contributed by atoms with Crippen LogP contribution in [0.3, 0.4) is 0 Å². The Morgan fingerprint density at radius 3 is 2.68 bits per heavy atom. The van der Waals surface area contributed by atoms with Crippen molar-refractivity contribution >= 4 is 12.2 Å².